The molecule has 3 aromatic carbocycles. The molecule has 2 aromatic heterocycles. The molecule has 0 spiro atoms. The van der Waals surface area contributed by atoms with E-state index < -0.39 is 0 Å². The van der Waals surface area contributed by atoms with Crippen LogP contribution < -0.4 is 0 Å². The molecule has 0 unspecified atom stereocenters. The third kappa shape index (κ3) is 3.42. The zero-order valence-corrected chi connectivity index (χ0v) is 18.5. The Balaban J connectivity index is 1.84. The maximum Gasteiger partial charge on any atom is 0.145 e. The molecule has 2 nitrogen and oxygen atoms in total. The first-order valence-electron chi connectivity index (χ1n) is 11.0. The Kier molecular flexibility index (Phi) is 4.86. The first-order valence-corrected chi connectivity index (χ1v) is 11.0. The first kappa shape index (κ1) is 19.6. The fourth-order valence-corrected chi connectivity index (χ4v) is 4.27. The molecule has 5 rings (SSSR count). The highest BCUT2D eigenvalue weighted by molar-refractivity contribution is 6.16. The average molecular weight is 406 g/mol. The third-order valence-electron chi connectivity index (χ3n) is 6.12. The van der Waals surface area contributed by atoms with Gasteiger partial charge in [-0.25, -0.2) is 0 Å². The number of furan rings is 1. The van der Waals surface area contributed by atoms with E-state index in [1.165, 1.54) is 22.3 Å². The molecule has 0 saturated heterocycles. The molecule has 2 heteroatoms. The summed E-state index contributed by atoms with van der Waals surface area (Å²) in [6.07, 6.45) is 1.90. The van der Waals surface area contributed by atoms with Gasteiger partial charge in [0.05, 0.1) is 5.69 Å². The predicted molar refractivity (Wildman–Crippen MR) is 131 cm³/mol. The minimum atomic E-state index is 0.449. The summed E-state index contributed by atoms with van der Waals surface area (Å²) in [6.45, 7) is 8.85. The van der Waals surface area contributed by atoms with Crippen molar-refractivity contribution >= 4 is 21.9 Å². The van der Waals surface area contributed by atoms with Crippen molar-refractivity contribution in [1.82, 2.24) is 4.98 Å². The van der Waals surface area contributed by atoms with Gasteiger partial charge in [-0.1, -0.05) is 76.2 Å². The molecule has 0 radical (unpaired) electrons. The monoisotopic (exact) mass is 405 g/mol. The Bertz CT molecular complexity index is 1380. The molecule has 0 aliphatic heterocycles. The van der Waals surface area contributed by atoms with Crippen LogP contribution in [0.2, 0.25) is 0 Å². The molecule has 0 aliphatic carbocycles. The number of rotatable bonds is 4. The van der Waals surface area contributed by atoms with Crippen LogP contribution in [-0.2, 0) is 0 Å². The number of pyridine rings is 1. The summed E-state index contributed by atoms with van der Waals surface area (Å²) >= 11 is 0. The molecule has 0 fully saturated rings. The van der Waals surface area contributed by atoms with Crippen molar-refractivity contribution in [3.05, 3.63) is 90.1 Å². The van der Waals surface area contributed by atoms with Crippen LogP contribution in [0.4, 0.5) is 0 Å². The second-order valence-electron chi connectivity index (χ2n) is 8.87. The second kappa shape index (κ2) is 7.70. The number of fused-ring (bicyclic) bond motifs is 3. The smallest absolute Gasteiger partial charge is 0.145 e. The van der Waals surface area contributed by atoms with Crippen molar-refractivity contribution in [3.63, 3.8) is 0 Å². The third-order valence-corrected chi connectivity index (χ3v) is 6.12. The van der Waals surface area contributed by atoms with Crippen molar-refractivity contribution in [3.8, 4) is 22.4 Å². The maximum atomic E-state index is 6.55. The van der Waals surface area contributed by atoms with Crippen molar-refractivity contribution in [1.29, 1.82) is 0 Å². The van der Waals surface area contributed by atoms with E-state index in [0.29, 0.717) is 11.8 Å². The van der Waals surface area contributed by atoms with E-state index in [1.54, 1.807) is 0 Å². The van der Waals surface area contributed by atoms with Crippen LogP contribution in [0.25, 0.3) is 44.3 Å². The number of aromatic nitrogens is 1. The molecule has 0 atom stereocenters. The standard InChI is InChI=1S/C29H27NO/c1-18(2)21-10-11-25-27(17-21)31-29-24(26-16-22(19(3)4)14-15-30-26)13-12-23(28(25)29)20-8-6-5-7-9-20/h5-19H,1-4H3. The second-order valence-corrected chi connectivity index (χ2v) is 8.87. The summed E-state index contributed by atoms with van der Waals surface area (Å²) in [6, 6.07) is 25.8. The molecule has 2 heterocycles. The van der Waals surface area contributed by atoms with Gasteiger partial charge in [-0.15, -0.1) is 0 Å². The minimum absolute atomic E-state index is 0.449. The summed E-state index contributed by atoms with van der Waals surface area (Å²) in [7, 11) is 0. The van der Waals surface area contributed by atoms with E-state index >= 15 is 0 Å². The van der Waals surface area contributed by atoms with E-state index in [4.69, 9.17) is 9.40 Å². The van der Waals surface area contributed by atoms with Crippen LogP contribution in [-0.4, -0.2) is 4.98 Å². The Morgan fingerprint density at radius 3 is 2.16 bits per heavy atom. The van der Waals surface area contributed by atoms with Crippen LogP contribution in [0, 0.1) is 0 Å². The SMILES string of the molecule is CC(C)c1ccnc(-c2ccc(-c3ccccc3)c3c2oc2cc(C(C)C)ccc23)c1. The minimum Gasteiger partial charge on any atom is -0.455 e. The van der Waals surface area contributed by atoms with Crippen molar-refractivity contribution in [2.75, 3.05) is 0 Å². The van der Waals surface area contributed by atoms with Crippen molar-refractivity contribution < 1.29 is 4.42 Å². The Labute approximate surface area is 183 Å². The quantitative estimate of drug-likeness (QED) is 0.299. The largest absolute Gasteiger partial charge is 0.455 e. The van der Waals surface area contributed by atoms with Crippen LogP contribution in [0.3, 0.4) is 0 Å². The molecule has 31 heavy (non-hydrogen) atoms. The molecular formula is C29H27NO. The van der Waals surface area contributed by atoms with Crippen LogP contribution in [0.15, 0.2) is 83.4 Å². The zero-order valence-electron chi connectivity index (χ0n) is 18.5. The van der Waals surface area contributed by atoms with Crippen molar-refractivity contribution in [2.45, 2.75) is 39.5 Å². The molecule has 5 aromatic rings. The van der Waals surface area contributed by atoms with E-state index in [9.17, 15) is 0 Å². The lowest BCUT2D eigenvalue weighted by Crippen LogP contribution is -1.91. The maximum absolute atomic E-state index is 6.55. The fourth-order valence-electron chi connectivity index (χ4n) is 4.27. The van der Waals surface area contributed by atoms with Crippen molar-refractivity contribution in [2.24, 2.45) is 0 Å². The van der Waals surface area contributed by atoms with Crippen LogP contribution in [0.5, 0.6) is 0 Å². The molecule has 0 N–H and O–H groups in total. The predicted octanol–water partition coefficient (Wildman–Crippen LogP) is 8.56. The summed E-state index contributed by atoms with van der Waals surface area (Å²) in [5, 5.41) is 2.31. The molecular weight excluding hydrogens is 378 g/mol. The molecule has 0 bridgehead atoms. The molecule has 0 saturated carbocycles. The van der Waals surface area contributed by atoms with E-state index in [1.807, 2.05) is 6.20 Å². The summed E-state index contributed by atoms with van der Waals surface area (Å²) in [5.74, 6) is 0.903. The van der Waals surface area contributed by atoms with Crippen LogP contribution >= 0.6 is 0 Å². The van der Waals surface area contributed by atoms with Gasteiger partial charge in [-0.2, -0.15) is 0 Å². The zero-order chi connectivity index (χ0) is 21.5. The fraction of sp³-hybridized carbons (Fsp3) is 0.207. The lowest BCUT2D eigenvalue weighted by molar-refractivity contribution is 0.668. The number of hydrogen-bond acceptors (Lipinski definition) is 2. The van der Waals surface area contributed by atoms with Gasteiger partial charge in [0.1, 0.15) is 11.2 Å². The summed E-state index contributed by atoms with van der Waals surface area (Å²) < 4.78 is 6.55. The number of nitrogens with zero attached hydrogens (tertiary/aromatic N) is 1. The van der Waals surface area contributed by atoms with Gasteiger partial charge in [-0.3, -0.25) is 4.98 Å². The Hall–Kier alpha value is -3.39. The van der Waals surface area contributed by atoms with Gasteiger partial charge >= 0.3 is 0 Å². The van der Waals surface area contributed by atoms with E-state index in [-0.39, 0.29) is 0 Å². The molecule has 154 valence electrons. The van der Waals surface area contributed by atoms with E-state index in [0.717, 1.165) is 33.2 Å². The topological polar surface area (TPSA) is 26.0 Å². The van der Waals surface area contributed by atoms with Gasteiger partial charge in [0, 0.05) is 22.5 Å². The number of hydrogen-bond donors (Lipinski definition) is 0. The van der Waals surface area contributed by atoms with Gasteiger partial charge < -0.3 is 4.42 Å². The van der Waals surface area contributed by atoms with Gasteiger partial charge in [0.25, 0.3) is 0 Å². The summed E-state index contributed by atoms with van der Waals surface area (Å²) in [5.41, 5.74) is 8.79. The van der Waals surface area contributed by atoms with Crippen LogP contribution in [0.1, 0.15) is 50.7 Å². The highest BCUT2D eigenvalue weighted by Gasteiger charge is 2.18. The van der Waals surface area contributed by atoms with Gasteiger partial charge in [0.15, 0.2) is 0 Å². The Morgan fingerprint density at radius 1 is 0.710 bits per heavy atom. The van der Waals surface area contributed by atoms with Gasteiger partial charge in [0.2, 0.25) is 0 Å². The highest BCUT2D eigenvalue weighted by Crippen LogP contribution is 2.42. The number of benzene rings is 3. The molecule has 0 amide bonds. The van der Waals surface area contributed by atoms with Gasteiger partial charge in [-0.05, 0) is 58.4 Å². The average Bonchev–Trinajstić information content (AvgIpc) is 3.18. The lowest BCUT2D eigenvalue weighted by atomic mass is 9.94. The first-order chi connectivity index (χ1) is 15.0. The van der Waals surface area contributed by atoms with E-state index in [2.05, 4.69) is 100 Å². The lowest BCUT2D eigenvalue weighted by Gasteiger charge is -2.10. The summed E-state index contributed by atoms with van der Waals surface area (Å²) in [4.78, 5) is 4.70. The highest BCUT2D eigenvalue weighted by atomic mass is 16.3. The Morgan fingerprint density at radius 2 is 1.42 bits per heavy atom. The molecule has 0 aliphatic rings. The normalized spacial score (nSPS) is 11.8.